The van der Waals surface area contributed by atoms with Crippen LogP contribution < -0.4 is 5.32 Å². The molecule has 0 saturated carbocycles. The number of terminal acetylenes is 1. The maximum atomic E-state index is 13.7. The highest BCUT2D eigenvalue weighted by atomic mass is 79.9. The highest BCUT2D eigenvalue weighted by Crippen LogP contribution is 2.27. The summed E-state index contributed by atoms with van der Waals surface area (Å²) in [5, 5.41) is 11.5. The van der Waals surface area contributed by atoms with Gasteiger partial charge in [-0.2, -0.15) is 0 Å². The zero-order chi connectivity index (χ0) is 12.3. The van der Waals surface area contributed by atoms with Crippen LogP contribution in [0.1, 0.15) is 17.3 Å². The molecule has 16 heavy (non-hydrogen) atoms. The number of halogens is 2. The van der Waals surface area contributed by atoms with Gasteiger partial charge in [0.1, 0.15) is 0 Å². The van der Waals surface area contributed by atoms with Gasteiger partial charge in [-0.3, -0.25) is 0 Å². The Hall–Kier alpha value is -1.54. The van der Waals surface area contributed by atoms with Gasteiger partial charge in [-0.05, 0) is 35.0 Å². The van der Waals surface area contributed by atoms with Crippen LogP contribution in [0.4, 0.5) is 10.1 Å². The molecular weight excluding hydrogens is 277 g/mol. The fraction of sp³-hybridized carbons (Fsp3) is 0.182. The summed E-state index contributed by atoms with van der Waals surface area (Å²) in [5.41, 5.74) is 0.0405. The number of carbonyl (C=O) groups is 1. The Labute approximate surface area is 101 Å². The van der Waals surface area contributed by atoms with E-state index in [2.05, 4.69) is 27.2 Å². The third-order valence-electron chi connectivity index (χ3n) is 1.93. The minimum absolute atomic E-state index is 0.0887. The van der Waals surface area contributed by atoms with Crippen molar-refractivity contribution in [1.29, 1.82) is 0 Å². The van der Waals surface area contributed by atoms with E-state index < -0.39 is 11.8 Å². The highest BCUT2D eigenvalue weighted by molar-refractivity contribution is 9.10. The predicted molar refractivity (Wildman–Crippen MR) is 63.0 cm³/mol. The topological polar surface area (TPSA) is 49.3 Å². The van der Waals surface area contributed by atoms with Gasteiger partial charge in [0, 0.05) is 0 Å². The summed E-state index contributed by atoms with van der Waals surface area (Å²) >= 11 is 2.90. The van der Waals surface area contributed by atoms with Crippen molar-refractivity contribution in [3.63, 3.8) is 0 Å². The van der Waals surface area contributed by atoms with Gasteiger partial charge < -0.3 is 10.4 Å². The molecule has 1 atom stereocenters. The smallest absolute Gasteiger partial charge is 0.336 e. The van der Waals surface area contributed by atoms with Crippen LogP contribution in [0.25, 0.3) is 0 Å². The molecule has 1 aromatic rings. The lowest BCUT2D eigenvalue weighted by Crippen LogP contribution is -2.14. The van der Waals surface area contributed by atoms with Gasteiger partial charge >= 0.3 is 5.97 Å². The van der Waals surface area contributed by atoms with E-state index in [1.165, 1.54) is 12.1 Å². The van der Waals surface area contributed by atoms with Gasteiger partial charge in [0.2, 0.25) is 0 Å². The van der Waals surface area contributed by atoms with Crippen LogP contribution >= 0.6 is 15.9 Å². The Morgan fingerprint density at radius 2 is 2.31 bits per heavy atom. The molecule has 0 spiro atoms. The lowest BCUT2D eigenvalue weighted by Gasteiger charge is -2.12. The minimum atomic E-state index is -1.19. The quantitative estimate of drug-likeness (QED) is 0.840. The Bertz CT molecular complexity index is 468. The van der Waals surface area contributed by atoms with Crippen molar-refractivity contribution in [2.24, 2.45) is 0 Å². The van der Waals surface area contributed by atoms with Crippen molar-refractivity contribution < 1.29 is 14.3 Å². The minimum Gasteiger partial charge on any atom is -0.478 e. The normalized spacial score (nSPS) is 11.6. The van der Waals surface area contributed by atoms with Crippen molar-refractivity contribution in [2.75, 3.05) is 5.32 Å². The first kappa shape index (κ1) is 12.5. The van der Waals surface area contributed by atoms with E-state index in [4.69, 9.17) is 11.5 Å². The Morgan fingerprint density at radius 3 is 2.81 bits per heavy atom. The summed E-state index contributed by atoms with van der Waals surface area (Å²) in [4.78, 5) is 10.7. The van der Waals surface area contributed by atoms with Crippen LogP contribution in [0, 0.1) is 18.2 Å². The standard InChI is InChI=1S/C11H9BrFNO2/c1-3-6(2)14-8-5-4-7(11(15)16)9(12)10(8)13/h1,4-6,14H,2H3,(H,15,16). The van der Waals surface area contributed by atoms with E-state index in [9.17, 15) is 9.18 Å². The first-order valence-corrected chi connectivity index (χ1v) is 5.20. The van der Waals surface area contributed by atoms with E-state index in [0.717, 1.165) is 0 Å². The van der Waals surface area contributed by atoms with E-state index in [1.54, 1.807) is 6.92 Å². The number of aromatic carboxylic acids is 1. The lowest BCUT2D eigenvalue weighted by molar-refractivity contribution is 0.0695. The van der Waals surface area contributed by atoms with Gasteiger partial charge in [-0.15, -0.1) is 6.42 Å². The predicted octanol–water partition coefficient (Wildman–Crippen LogP) is 2.72. The molecule has 0 aromatic heterocycles. The van der Waals surface area contributed by atoms with Gasteiger partial charge in [-0.25, -0.2) is 9.18 Å². The number of anilines is 1. The third-order valence-corrected chi connectivity index (χ3v) is 2.71. The molecule has 0 amide bonds. The van der Waals surface area contributed by atoms with Crippen molar-refractivity contribution in [3.05, 3.63) is 28.0 Å². The number of benzene rings is 1. The number of rotatable bonds is 3. The SMILES string of the molecule is C#CC(C)Nc1ccc(C(=O)O)c(Br)c1F. The molecule has 3 nitrogen and oxygen atoms in total. The van der Waals surface area contributed by atoms with Gasteiger partial charge in [0.25, 0.3) is 0 Å². The van der Waals surface area contributed by atoms with E-state index in [1.807, 2.05) is 0 Å². The van der Waals surface area contributed by atoms with Crippen LogP contribution in [0.2, 0.25) is 0 Å². The molecule has 0 fully saturated rings. The second-order valence-electron chi connectivity index (χ2n) is 3.13. The molecule has 0 aliphatic heterocycles. The molecule has 1 unspecified atom stereocenters. The average molecular weight is 286 g/mol. The molecule has 84 valence electrons. The zero-order valence-corrected chi connectivity index (χ0v) is 10.0. The molecular formula is C11H9BrFNO2. The van der Waals surface area contributed by atoms with Crippen LogP contribution in [-0.4, -0.2) is 17.1 Å². The maximum absolute atomic E-state index is 13.7. The summed E-state index contributed by atoms with van der Waals surface area (Å²) in [5.74, 6) is 0.531. The second-order valence-corrected chi connectivity index (χ2v) is 3.92. The van der Waals surface area contributed by atoms with Crippen molar-refractivity contribution in [1.82, 2.24) is 0 Å². The third kappa shape index (κ3) is 2.52. The highest BCUT2D eigenvalue weighted by Gasteiger charge is 2.16. The molecule has 5 heteroatoms. The molecule has 1 rings (SSSR count). The summed E-state index contributed by atoms with van der Waals surface area (Å²) in [6, 6.07) is 2.32. The average Bonchev–Trinajstić information content (AvgIpc) is 2.24. The first-order chi connectivity index (χ1) is 7.47. The summed E-state index contributed by atoms with van der Waals surface area (Å²) in [6.45, 7) is 1.69. The van der Waals surface area contributed by atoms with Crippen molar-refractivity contribution in [2.45, 2.75) is 13.0 Å². The Kier molecular flexibility index (Phi) is 3.91. The van der Waals surface area contributed by atoms with E-state index >= 15 is 0 Å². The number of hydrogen-bond acceptors (Lipinski definition) is 2. The molecule has 2 N–H and O–H groups in total. The van der Waals surface area contributed by atoms with Crippen LogP contribution in [-0.2, 0) is 0 Å². The molecule has 0 heterocycles. The molecule has 0 radical (unpaired) electrons. The number of hydrogen-bond donors (Lipinski definition) is 2. The van der Waals surface area contributed by atoms with Gasteiger partial charge in [0.05, 0.1) is 21.8 Å². The van der Waals surface area contributed by atoms with E-state index in [-0.39, 0.29) is 21.8 Å². The molecule has 0 aliphatic carbocycles. The van der Waals surface area contributed by atoms with E-state index in [0.29, 0.717) is 0 Å². The van der Waals surface area contributed by atoms with Crippen LogP contribution in [0.5, 0.6) is 0 Å². The van der Waals surface area contributed by atoms with Crippen molar-refractivity contribution in [3.8, 4) is 12.3 Å². The molecule has 0 aliphatic rings. The summed E-state index contributed by atoms with van der Waals surface area (Å²) in [6.07, 6.45) is 5.15. The second kappa shape index (κ2) is 4.99. The van der Waals surface area contributed by atoms with Crippen LogP contribution in [0.3, 0.4) is 0 Å². The van der Waals surface area contributed by atoms with Gasteiger partial charge in [-0.1, -0.05) is 5.92 Å². The van der Waals surface area contributed by atoms with Gasteiger partial charge in [0.15, 0.2) is 5.82 Å². The maximum Gasteiger partial charge on any atom is 0.336 e. The molecule has 1 aromatic carbocycles. The number of nitrogens with one attached hydrogen (secondary N) is 1. The molecule has 0 saturated heterocycles. The fourth-order valence-electron chi connectivity index (χ4n) is 1.10. The Balaban J connectivity index is 3.13. The monoisotopic (exact) mass is 285 g/mol. The largest absolute Gasteiger partial charge is 0.478 e. The summed E-state index contributed by atoms with van der Waals surface area (Å²) in [7, 11) is 0. The number of carboxylic acids is 1. The Morgan fingerprint density at radius 1 is 1.69 bits per heavy atom. The lowest BCUT2D eigenvalue weighted by atomic mass is 10.2. The first-order valence-electron chi connectivity index (χ1n) is 4.41. The number of carboxylic acid groups (broad SMARTS) is 1. The van der Waals surface area contributed by atoms with Crippen LogP contribution in [0.15, 0.2) is 16.6 Å². The van der Waals surface area contributed by atoms with Crippen molar-refractivity contribution >= 4 is 27.6 Å². The fourth-order valence-corrected chi connectivity index (χ4v) is 1.62. The molecule has 0 bridgehead atoms. The summed E-state index contributed by atoms with van der Waals surface area (Å²) < 4.78 is 13.6. The zero-order valence-electron chi connectivity index (χ0n) is 8.42.